The maximum atomic E-state index is 10.5. The molecule has 0 bridgehead atoms. The van der Waals surface area contributed by atoms with Gasteiger partial charge in [0.1, 0.15) is 5.75 Å². The summed E-state index contributed by atoms with van der Waals surface area (Å²) in [5, 5.41) is 30.6. The van der Waals surface area contributed by atoms with Crippen molar-refractivity contribution in [1.29, 1.82) is 0 Å². The smallest absolute Gasteiger partial charge is 0.115 e. The molecule has 2 saturated carbocycles. The quantitative estimate of drug-likeness (QED) is 0.687. The predicted octanol–water partition coefficient (Wildman–Crippen LogP) is 3.10. The standard InChI is InChI=1S/C18H24O3/c1-18-7-6-12-11-3-2-10(19)8-14(11)16(20)9-13(12)15(18)4-5-17(18)21/h2-3,8,12-13,15-17,19-21H,4-7,9H2,1H3/t12-,13-,15+,16?,17+,18+/m1/s1. The Morgan fingerprint density at radius 2 is 1.90 bits per heavy atom. The summed E-state index contributed by atoms with van der Waals surface area (Å²) in [5.74, 6) is 1.70. The van der Waals surface area contributed by atoms with E-state index in [0.29, 0.717) is 17.8 Å². The highest BCUT2D eigenvalue weighted by Gasteiger charge is 2.55. The molecule has 21 heavy (non-hydrogen) atoms. The minimum atomic E-state index is -0.478. The third kappa shape index (κ3) is 1.80. The maximum Gasteiger partial charge on any atom is 0.115 e. The Hall–Kier alpha value is -1.06. The summed E-state index contributed by atoms with van der Waals surface area (Å²) in [5.41, 5.74) is 2.17. The van der Waals surface area contributed by atoms with Crippen LogP contribution in [0.1, 0.15) is 62.2 Å². The first-order valence-electron chi connectivity index (χ1n) is 8.19. The molecule has 1 aromatic carbocycles. The number of aliphatic hydroxyl groups excluding tert-OH is 2. The molecule has 114 valence electrons. The van der Waals surface area contributed by atoms with Gasteiger partial charge >= 0.3 is 0 Å². The third-order valence-corrected chi connectivity index (χ3v) is 6.71. The SMILES string of the molecule is C[C@]12CC[C@@H]3c4ccc(O)cc4C(O)C[C@H]3[C@@H]1CC[C@@H]2O. The molecule has 2 fully saturated rings. The zero-order chi connectivity index (χ0) is 14.8. The molecule has 3 aliphatic rings. The van der Waals surface area contributed by atoms with Crippen LogP contribution in [0.5, 0.6) is 5.75 Å². The second-order valence-electron chi connectivity index (χ2n) is 7.58. The molecular formula is C18H24O3. The van der Waals surface area contributed by atoms with Gasteiger partial charge in [-0.05, 0) is 78.5 Å². The summed E-state index contributed by atoms with van der Waals surface area (Å²) in [6, 6.07) is 5.47. The van der Waals surface area contributed by atoms with Crippen molar-refractivity contribution in [3.05, 3.63) is 29.3 Å². The Bertz CT molecular complexity index is 570. The van der Waals surface area contributed by atoms with E-state index >= 15 is 0 Å². The number of phenolic OH excluding ortho intramolecular Hbond substituents is 1. The van der Waals surface area contributed by atoms with E-state index in [9.17, 15) is 15.3 Å². The topological polar surface area (TPSA) is 60.7 Å². The molecule has 0 saturated heterocycles. The fourth-order valence-corrected chi connectivity index (χ4v) is 5.55. The van der Waals surface area contributed by atoms with Crippen molar-refractivity contribution in [1.82, 2.24) is 0 Å². The second-order valence-corrected chi connectivity index (χ2v) is 7.58. The molecule has 3 heteroatoms. The van der Waals surface area contributed by atoms with Crippen LogP contribution >= 0.6 is 0 Å². The van der Waals surface area contributed by atoms with Crippen molar-refractivity contribution in [3.8, 4) is 5.75 Å². The van der Waals surface area contributed by atoms with E-state index in [4.69, 9.17) is 0 Å². The van der Waals surface area contributed by atoms with Crippen LogP contribution in [-0.4, -0.2) is 21.4 Å². The van der Waals surface area contributed by atoms with E-state index in [1.54, 1.807) is 12.1 Å². The lowest BCUT2D eigenvalue weighted by Gasteiger charge is -2.50. The summed E-state index contributed by atoms with van der Waals surface area (Å²) in [6.07, 6.45) is 4.25. The average Bonchev–Trinajstić information content (AvgIpc) is 2.76. The molecule has 0 aromatic heterocycles. The summed E-state index contributed by atoms with van der Waals surface area (Å²) in [7, 11) is 0. The highest BCUT2D eigenvalue weighted by molar-refractivity contribution is 5.41. The Labute approximate surface area is 125 Å². The zero-order valence-corrected chi connectivity index (χ0v) is 12.5. The van der Waals surface area contributed by atoms with Gasteiger partial charge in [-0.25, -0.2) is 0 Å². The van der Waals surface area contributed by atoms with Gasteiger partial charge in [-0.1, -0.05) is 13.0 Å². The van der Waals surface area contributed by atoms with Crippen LogP contribution in [0.15, 0.2) is 18.2 Å². The monoisotopic (exact) mass is 288 g/mol. The average molecular weight is 288 g/mol. The number of rotatable bonds is 0. The van der Waals surface area contributed by atoms with Gasteiger partial charge in [0.25, 0.3) is 0 Å². The molecule has 0 amide bonds. The van der Waals surface area contributed by atoms with Crippen LogP contribution in [0, 0.1) is 17.3 Å². The Balaban J connectivity index is 1.75. The first-order chi connectivity index (χ1) is 10.0. The zero-order valence-electron chi connectivity index (χ0n) is 12.5. The molecule has 3 aliphatic carbocycles. The van der Waals surface area contributed by atoms with E-state index in [1.165, 1.54) is 5.56 Å². The van der Waals surface area contributed by atoms with Gasteiger partial charge < -0.3 is 15.3 Å². The van der Waals surface area contributed by atoms with Crippen LogP contribution in [-0.2, 0) is 0 Å². The van der Waals surface area contributed by atoms with Crippen molar-refractivity contribution in [2.75, 3.05) is 0 Å². The van der Waals surface area contributed by atoms with Crippen molar-refractivity contribution in [2.24, 2.45) is 17.3 Å². The van der Waals surface area contributed by atoms with Crippen LogP contribution in [0.4, 0.5) is 0 Å². The van der Waals surface area contributed by atoms with Crippen molar-refractivity contribution in [2.45, 2.75) is 57.2 Å². The number of hydrogen-bond acceptors (Lipinski definition) is 3. The Morgan fingerprint density at radius 3 is 2.71 bits per heavy atom. The summed E-state index contributed by atoms with van der Waals surface area (Å²) in [4.78, 5) is 0. The molecule has 0 aliphatic heterocycles. The molecular weight excluding hydrogens is 264 g/mol. The Morgan fingerprint density at radius 1 is 1.10 bits per heavy atom. The number of phenols is 1. The molecule has 0 spiro atoms. The second kappa shape index (κ2) is 4.47. The lowest BCUT2D eigenvalue weighted by Crippen LogP contribution is -2.44. The van der Waals surface area contributed by atoms with E-state index in [0.717, 1.165) is 37.7 Å². The van der Waals surface area contributed by atoms with Gasteiger partial charge in [0.05, 0.1) is 12.2 Å². The van der Waals surface area contributed by atoms with E-state index in [1.807, 2.05) is 6.07 Å². The lowest BCUT2D eigenvalue weighted by atomic mass is 9.55. The number of aliphatic hydroxyl groups is 2. The van der Waals surface area contributed by atoms with Gasteiger partial charge in [0.15, 0.2) is 0 Å². The molecule has 4 rings (SSSR count). The van der Waals surface area contributed by atoms with E-state index in [-0.39, 0.29) is 17.3 Å². The molecule has 0 heterocycles. The van der Waals surface area contributed by atoms with Gasteiger partial charge in [0.2, 0.25) is 0 Å². The highest BCUT2D eigenvalue weighted by atomic mass is 16.3. The normalized spacial score (nSPS) is 44.8. The van der Waals surface area contributed by atoms with Crippen molar-refractivity contribution in [3.63, 3.8) is 0 Å². The molecule has 6 atom stereocenters. The summed E-state index contributed by atoms with van der Waals surface area (Å²) < 4.78 is 0. The van der Waals surface area contributed by atoms with Crippen molar-refractivity contribution < 1.29 is 15.3 Å². The number of fused-ring (bicyclic) bond motifs is 5. The van der Waals surface area contributed by atoms with Crippen LogP contribution < -0.4 is 0 Å². The van der Waals surface area contributed by atoms with Gasteiger partial charge in [-0.3, -0.25) is 0 Å². The Kier molecular flexibility index (Phi) is 2.89. The highest BCUT2D eigenvalue weighted by Crippen LogP contribution is 2.62. The predicted molar refractivity (Wildman–Crippen MR) is 80.0 cm³/mol. The first-order valence-corrected chi connectivity index (χ1v) is 8.19. The summed E-state index contributed by atoms with van der Waals surface area (Å²) >= 11 is 0. The number of hydrogen-bond donors (Lipinski definition) is 3. The van der Waals surface area contributed by atoms with E-state index in [2.05, 4.69) is 6.92 Å². The third-order valence-electron chi connectivity index (χ3n) is 6.71. The largest absolute Gasteiger partial charge is 0.508 e. The molecule has 3 N–H and O–H groups in total. The molecule has 0 radical (unpaired) electrons. The fraction of sp³-hybridized carbons (Fsp3) is 0.667. The van der Waals surface area contributed by atoms with Gasteiger partial charge in [0, 0.05) is 0 Å². The van der Waals surface area contributed by atoms with Gasteiger partial charge in [-0.2, -0.15) is 0 Å². The number of aromatic hydroxyl groups is 1. The molecule has 1 aromatic rings. The van der Waals surface area contributed by atoms with Gasteiger partial charge in [-0.15, -0.1) is 0 Å². The molecule has 1 unspecified atom stereocenters. The number of benzene rings is 1. The maximum absolute atomic E-state index is 10.5. The minimum absolute atomic E-state index is 0.0370. The lowest BCUT2D eigenvalue weighted by molar-refractivity contribution is -0.0372. The van der Waals surface area contributed by atoms with E-state index < -0.39 is 6.10 Å². The van der Waals surface area contributed by atoms with Crippen LogP contribution in [0.25, 0.3) is 0 Å². The van der Waals surface area contributed by atoms with Crippen LogP contribution in [0.2, 0.25) is 0 Å². The molecule has 3 nitrogen and oxygen atoms in total. The minimum Gasteiger partial charge on any atom is -0.508 e. The fourth-order valence-electron chi connectivity index (χ4n) is 5.55. The van der Waals surface area contributed by atoms with Crippen LogP contribution in [0.3, 0.4) is 0 Å². The first kappa shape index (κ1) is 13.6. The summed E-state index contributed by atoms with van der Waals surface area (Å²) in [6.45, 7) is 2.24. The van der Waals surface area contributed by atoms with Crippen molar-refractivity contribution >= 4 is 0 Å².